The molecule has 96 valence electrons. The highest BCUT2D eigenvalue weighted by atomic mass is 15.6. The van der Waals surface area contributed by atoms with E-state index in [9.17, 15) is 0 Å². The summed E-state index contributed by atoms with van der Waals surface area (Å²) in [5, 5.41) is 4.30. The van der Waals surface area contributed by atoms with Gasteiger partial charge in [0.15, 0.2) is 0 Å². The molecule has 2 aliphatic carbocycles. The summed E-state index contributed by atoms with van der Waals surface area (Å²) >= 11 is 0. The largest absolute Gasteiger partial charge is 0.249 e. The number of nitrogens with one attached hydrogen (secondary N) is 1. The lowest BCUT2D eigenvalue weighted by atomic mass is 9.92. The van der Waals surface area contributed by atoms with Crippen molar-refractivity contribution in [3.05, 3.63) is 25.3 Å². The predicted molar refractivity (Wildman–Crippen MR) is 72.8 cm³/mol. The van der Waals surface area contributed by atoms with Gasteiger partial charge in [-0.3, -0.25) is 0 Å². The Hall–Kier alpha value is -0.600. The summed E-state index contributed by atoms with van der Waals surface area (Å²) in [5.74, 6) is 0. The minimum atomic E-state index is 0.795. The maximum atomic E-state index is 3.94. The van der Waals surface area contributed by atoms with Gasteiger partial charge in [0, 0.05) is 12.8 Å². The zero-order chi connectivity index (χ0) is 12.1. The number of rotatable bonds is 7. The van der Waals surface area contributed by atoms with E-state index in [4.69, 9.17) is 0 Å². The Morgan fingerprint density at radius 2 is 1.71 bits per heavy atom. The minimum Gasteiger partial charge on any atom is -0.249 e. The summed E-state index contributed by atoms with van der Waals surface area (Å²) < 4.78 is 0. The Labute approximate surface area is 106 Å². The van der Waals surface area contributed by atoms with Crippen LogP contribution in [0.15, 0.2) is 25.3 Å². The van der Waals surface area contributed by atoms with Gasteiger partial charge in [-0.05, 0) is 38.2 Å². The van der Waals surface area contributed by atoms with E-state index in [-0.39, 0.29) is 0 Å². The van der Waals surface area contributed by atoms with Crippen LogP contribution in [0.5, 0.6) is 0 Å². The van der Waals surface area contributed by atoms with Crippen LogP contribution < -0.4 is 5.01 Å². The highest BCUT2D eigenvalue weighted by molar-refractivity contribution is 4.81. The molecule has 0 amide bonds. The van der Waals surface area contributed by atoms with Gasteiger partial charge >= 0.3 is 0 Å². The molecule has 0 bridgehead atoms. The van der Waals surface area contributed by atoms with Gasteiger partial charge in [0.25, 0.3) is 0 Å². The Morgan fingerprint density at radius 1 is 1.00 bits per heavy atom. The summed E-state index contributed by atoms with van der Waals surface area (Å²) in [5.41, 5.74) is 0. The molecular formula is C15H27N2+. The number of quaternary nitrogens is 1. The molecule has 1 atom stereocenters. The molecular weight excluding hydrogens is 208 g/mol. The molecule has 1 unspecified atom stereocenters. The smallest absolute Gasteiger partial charge is 0.113 e. The van der Waals surface area contributed by atoms with Crippen molar-refractivity contribution in [2.45, 2.75) is 57.0 Å². The van der Waals surface area contributed by atoms with Crippen LogP contribution in [0.3, 0.4) is 0 Å². The Kier molecular flexibility index (Phi) is 4.81. The lowest BCUT2D eigenvalue weighted by molar-refractivity contribution is -1.04. The van der Waals surface area contributed by atoms with E-state index < -0.39 is 0 Å². The van der Waals surface area contributed by atoms with E-state index in [1.54, 1.807) is 5.01 Å². The number of hydrogen-bond donors (Lipinski definition) is 1. The van der Waals surface area contributed by atoms with E-state index in [0.29, 0.717) is 0 Å². The second-order valence-electron chi connectivity index (χ2n) is 5.49. The molecule has 0 heterocycles. The minimum absolute atomic E-state index is 0.795. The topological polar surface area (TPSA) is 7.68 Å². The zero-order valence-corrected chi connectivity index (χ0v) is 11.0. The summed E-state index contributed by atoms with van der Waals surface area (Å²) in [4.78, 5) is 0. The molecule has 0 radical (unpaired) electrons. The van der Waals surface area contributed by atoms with Crippen molar-refractivity contribution in [1.82, 2.24) is 5.01 Å². The fraction of sp³-hybridized carbons (Fsp3) is 0.733. The molecule has 0 aromatic heterocycles. The van der Waals surface area contributed by atoms with Crippen LogP contribution in [-0.4, -0.2) is 30.2 Å². The third-order valence-electron chi connectivity index (χ3n) is 4.39. The summed E-state index contributed by atoms with van der Waals surface area (Å²) in [7, 11) is 0. The third-order valence-corrected chi connectivity index (χ3v) is 4.39. The first-order valence-electron chi connectivity index (χ1n) is 7.21. The third kappa shape index (κ3) is 2.99. The molecule has 2 aliphatic rings. The SMILES string of the molecule is C=CCN(C1CCC1)[NH+](CC=C)C1CCCC1. The average molecular weight is 235 g/mol. The molecule has 2 nitrogen and oxygen atoms in total. The van der Waals surface area contributed by atoms with Crippen molar-refractivity contribution in [2.75, 3.05) is 13.1 Å². The van der Waals surface area contributed by atoms with E-state index in [1.807, 2.05) is 0 Å². The number of hydrogen-bond acceptors (Lipinski definition) is 1. The summed E-state index contributed by atoms with van der Waals surface area (Å²) in [6.45, 7) is 9.98. The van der Waals surface area contributed by atoms with Crippen molar-refractivity contribution in [1.29, 1.82) is 0 Å². The Morgan fingerprint density at radius 3 is 2.18 bits per heavy atom. The van der Waals surface area contributed by atoms with Gasteiger partial charge in [-0.1, -0.05) is 12.7 Å². The van der Waals surface area contributed by atoms with Crippen LogP contribution in [0.25, 0.3) is 0 Å². The summed E-state index contributed by atoms with van der Waals surface area (Å²) in [6, 6.07) is 1.62. The molecule has 2 saturated carbocycles. The zero-order valence-electron chi connectivity index (χ0n) is 11.0. The highest BCUT2D eigenvalue weighted by Gasteiger charge is 2.36. The van der Waals surface area contributed by atoms with E-state index in [2.05, 4.69) is 30.3 Å². The number of nitrogens with zero attached hydrogens (tertiary/aromatic N) is 1. The molecule has 1 N–H and O–H groups in total. The van der Waals surface area contributed by atoms with Gasteiger partial charge in [-0.2, -0.15) is 0 Å². The maximum Gasteiger partial charge on any atom is 0.113 e. The van der Waals surface area contributed by atoms with Crippen LogP contribution in [0.1, 0.15) is 44.9 Å². The average Bonchev–Trinajstić information content (AvgIpc) is 2.76. The lowest BCUT2D eigenvalue weighted by Crippen LogP contribution is -3.22. The Bertz CT molecular complexity index is 252. The van der Waals surface area contributed by atoms with Gasteiger partial charge in [-0.25, -0.2) is 5.01 Å². The van der Waals surface area contributed by atoms with Crippen LogP contribution in [0.2, 0.25) is 0 Å². The fourth-order valence-electron chi connectivity index (χ4n) is 3.26. The van der Waals surface area contributed by atoms with Crippen LogP contribution >= 0.6 is 0 Å². The van der Waals surface area contributed by atoms with Crippen molar-refractivity contribution in [3.63, 3.8) is 0 Å². The maximum absolute atomic E-state index is 3.94. The fourth-order valence-corrected chi connectivity index (χ4v) is 3.26. The van der Waals surface area contributed by atoms with E-state index in [0.717, 1.165) is 25.2 Å². The first-order valence-corrected chi connectivity index (χ1v) is 7.21. The van der Waals surface area contributed by atoms with Crippen molar-refractivity contribution < 1.29 is 5.01 Å². The van der Waals surface area contributed by atoms with E-state index in [1.165, 1.54) is 44.9 Å². The Balaban J connectivity index is 2.03. The molecule has 17 heavy (non-hydrogen) atoms. The molecule has 0 aromatic carbocycles. The van der Waals surface area contributed by atoms with Crippen LogP contribution in [0, 0.1) is 0 Å². The molecule has 2 rings (SSSR count). The molecule has 0 saturated heterocycles. The van der Waals surface area contributed by atoms with Crippen molar-refractivity contribution in [3.8, 4) is 0 Å². The molecule has 2 heteroatoms. The van der Waals surface area contributed by atoms with Gasteiger partial charge in [0.1, 0.15) is 12.6 Å². The van der Waals surface area contributed by atoms with Crippen molar-refractivity contribution >= 4 is 0 Å². The first-order chi connectivity index (χ1) is 8.36. The van der Waals surface area contributed by atoms with Crippen LogP contribution in [-0.2, 0) is 0 Å². The molecule has 0 aromatic rings. The second-order valence-corrected chi connectivity index (χ2v) is 5.49. The predicted octanol–water partition coefficient (Wildman–Crippen LogP) is 1.96. The molecule has 0 aliphatic heterocycles. The van der Waals surface area contributed by atoms with Gasteiger partial charge in [0.2, 0.25) is 0 Å². The van der Waals surface area contributed by atoms with Gasteiger partial charge < -0.3 is 0 Å². The molecule has 0 spiro atoms. The van der Waals surface area contributed by atoms with Gasteiger partial charge in [0.05, 0.1) is 12.6 Å². The highest BCUT2D eigenvalue weighted by Crippen LogP contribution is 2.23. The quantitative estimate of drug-likeness (QED) is 0.523. The van der Waals surface area contributed by atoms with Gasteiger partial charge in [-0.15, -0.1) is 11.6 Å². The van der Waals surface area contributed by atoms with Crippen LogP contribution in [0.4, 0.5) is 0 Å². The van der Waals surface area contributed by atoms with Crippen molar-refractivity contribution in [2.24, 2.45) is 0 Å². The second kappa shape index (κ2) is 6.36. The van der Waals surface area contributed by atoms with E-state index >= 15 is 0 Å². The molecule has 2 fully saturated rings. The monoisotopic (exact) mass is 235 g/mol. The summed E-state index contributed by atoms with van der Waals surface area (Å²) in [6.07, 6.45) is 13.9. The lowest BCUT2D eigenvalue weighted by Gasteiger charge is -2.42. The normalized spacial score (nSPS) is 23.6. The standard InChI is InChI=1S/C15H26N2/c1-3-12-16(14-8-5-6-9-14)17(13-4-2)15-10-7-11-15/h3-4,14-15H,1-2,5-13H2/p+1. The first kappa shape index (κ1) is 12.8.